The van der Waals surface area contributed by atoms with Crippen molar-refractivity contribution < 1.29 is 0 Å². The van der Waals surface area contributed by atoms with Gasteiger partial charge in [0.2, 0.25) is 0 Å². The predicted octanol–water partition coefficient (Wildman–Crippen LogP) is 5.90. The molecule has 0 saturated carbocycles. The van der Waals surface area contributed by atoms with Crippen LogP contribution in [0.25, 0.3) is 0 Å². The van der Waals surface area contributed by atoms with E-state index in [1.54, 1.807) is 11.3 Å². The third kappa shape index (κ3) is 3.28. The Balaban J connectivity index is 2.18. The molecule has 0 aliphatic heterocycles. The van der Waals surface area contributed by atoms with Gasteiger partial charge in [0.1, 0.15) is 0 Å². The zero-order valence-corrected chi connectivity index (χ0v) is 13.5. The lowest BCUT2D eigenvalue weighted by Crippen LogP contribution is -2.07. The van der Waals surface area contributed by atoms with Crippen LogP contribution >= 0.6 is 38.9 Å². The van der Waals surface area contributed by atoms with Gasteiger partial charge in [0.25, 0.3) is 0 Å². The van der Waals surface area contributed by atoms with Crippen molar-refractivity contribution in [2.45, 2.75) is 26.3 Å². The van der Waals surface area contributed by atoms with Crippen molar-refractivity contribution in [1.82, 2.24) is 0 Å². The molecule has 1 aromatic heterocycles. The molecule has 1 heterocycles. The molecule has 4 heteroatoms. The first kappa shape index (κ1) is 13.9. The number of thiophene rings is 1. The summed E-state index contributed by atoms with van der Waals surface area (Å²) in [5, 5.41) is 5.65. The highest BCUT2D eigenvalue weighted by Crippen LogP contribution is 2.29. The molecule has 96 valence electrons. The maximum absolute atomic E-state index is 5.97. The monoisotopic (exact) mass is 343 g/mol. The highest BCUT2D eigenvalue weighted by molar-refractivity contribution is 9.10. The predicted molar refractivity (Wildman–Crippen MR) is 84.9 cm³/mol. The van der Waals surface area contributed by atoms with Gasteiger partial charge in [0, 0.05) is 16.2 Å². The van der Waals surface area contributed by atoms with E-state index in [1.165, 1.54) is 16.8 Å². The molecule has 0 radical (unpaired) electrons. The Morgan fingerprint density at radius 1 is 1.39 bits per heavy atom. The zero-order chi connectivity index (χ0) is 13.1. The summed E-state index contributed by atoms with van der Waals surface area (Å²) < 4.78 is 1.96. The summed E-state index contributed by atoms with van der Waals surface area (Å²) in [7, 11) is 0. The molecule has 18 heavy (non-hydrogen) atoms. The van der Waals surface area contributed by atoms with Crippen molar-refractivity contribution in [2.75, 3.05) is 5.32 Å². The van der Waals surface area contributed by atoms with Crippen LogP contribution in [0, 0.1) is 0 Å². The van der Waals surface area contributed by atoms with Crippen molar-refractivity contribution in [1.29, 1.82) is 0 Å². The molecule has 0 bridgehead atoms. The maximum atomic E-state index is 5.97. The van der Waals surface area contributed by atoms with Gasteiger partial charge in [-0.2, -0.15) is 0 Å². The highest BCUT2D eigenvalue weighted by Gasteiger charge is 2.09. The van der Waals surface area contributed by atoms with E-state index in [2.05, 4.69) is 58.7 Å². The Morgan fingerprint density at radius 2 is 2.17 bits per heavy atom. The topological polar surface area (TPSA) is 12.0 Å². The first-order valence-electron chi connectivity index (χ1n) is 5.89. The normalized spacial score (nSPS) is 12.4. The van der Waals surface area contributed by atoms with E-state index in [-0.39, 0.29) is 6.04 Å². The van der Waals surface area contributed by atoms with Crippen molar-refractivity contribution in [2.24, 2.45) is 0 Å². The molecule has 0 amide bonds. The molecule has 1 unspecified atom stereocenters. The van der Waals surface area contributed by atoms with Crippen molar-refractivity contribution in [3.63, 3.8) is 0 Å². The van der Waals surface area contributed by atoms with Gasteiger partial charge < -0.3 is 5.32 Å². The number of halogens is 2. The van der Waals surface area contributed by atoms with Gasteiger partial charge in [-0.05, 0) is 54.1 Å². The van der Waals surface area contributed by atoms with Gasteiger partial charge in [-0.3, -0.25) is 0 Å². The summed E-state index contributed by atoms with van der Waals surface area (Å²) in [5.41, 5.74) is 3.74. The fourth-order valence-electron chi connectivity index (χ4n) is 1.86. The number of hydrogen-bond acceptors (Lipinski definition) is 2. The largest absolute Gasteiger partial charge is 0.378 e. The molecule has 1 aromatic carbocycles. The smallest absolute Gasteiger partial charge is 0.0931 e. The van der Waals surface area contributed by atoms with Crippen LogP contribution in [0.5, 0.6) is 0 Å². The molecule has 1 atom stereocenters. The average Bonchev–Trinajstić information content (AvgIpc) is 2.78. The molecule has 0 spiro atoms. The fourth-order valence-corrected chi connectivity index (χ4v) is 3.26. The average molecular weight is 345 g/mol. The van der Waals surface area contributed by atoms with Crippen LogP contribution in [-0.2, 0) is 6.42 Å². The fraction of sp³-hybridized carbons (Fsp3) is 0.286. The first-order chi connectivity index (χ1) is 8.60. The second-order valence-electron chi connectivity index (χ2n) is 4.21. The minimum Gasteiger partial charge on any atom is -0.378 e. The molecule has 1 nitrogen and oxygen atoms in total. The van der Waals surface area contributed by atoms with Gasteiger partial charge in [-0.1, -0.05) is 34.5 Å². The number of hydrogen-bond donors (Lipinski definition) is 1. The van der Waals surface area contributed by atoms with Crippen LogP contribution in [-0.4, -0.2) is 0 Å². The molecular formula is C14H15BrClNS. The summed E-state index contributed by atoms with van der Waals surface area (Å²) in [6.45, 7) is 4.32. The lowest BCUT2D eigenvalue weighted by molar-refractivity contribution is 0.885. The Kier molecular flexibility index (Phi) is 4.71. The summed E-state index contributed by atoms with van der Waals surface area (Å²) >= 11 is 11.1. The number of nitrogens with one attached hydrogen (secondary N) is 1. The minimum absolute atomic E-state index is 0.264. The first-order valence-corrected chi connectivity index (χ1v) is 7.94. The third-order valence-electron chi connectivity index (χ3n) is 2.91. The second-order valence-corrected chi connectivity index (χ2v) is 6.66. The van der Waals surface area contributed by atoms with Crippen LogP contribution in [0.15, 0.2) is 34.1 Å². The van der Waals surface area contributed by atoms with Crippen LogP contribution in [0.3, 0.4) is 0 Å². The molecule has 0 fully saturated rings. The van der Waals surface area contributed by atoms with Gasteiger partial charge >= 0.3 is 0 Å². The number of aryl methyl sites for hydroxylation is 1. The summed E-state index contributed by atoms with van der Waals surface area (Å²) in [4.78, 5) is 0. The van der Waals surface area contributed by atoms with Gasteiger partial charge in [-0.25, -0.2) is 0 Å². The second kappa shape index (κ2) is 6.09. The Labute approximate surface area is 125 Å². The highest BCUT2D eigenvalue weighted by atomic mass is 79.9. The van der Waals surface area contributed by atoms with Gasteiger partial charge in [0.05, 0.1) is 4.34 Å². The summed E-state index contributed by atoms with van der Waals surface area (Å²) in [5.74, 6) is 0. The van der Waals surface area contributed by atoms with Crippen LogP contribution < -0.4 is 5.32 Å². The zero-order valence-electron chi connectivity index (χ0n) is 10.3. The molecular weight excluding hydrogens is 330 g/mol. The van der Waals surface area contributed by atoms with Crippen molar-refractivity contribution in [3.8, 4) is 0 Å². The number of anilines is 1. The molecule has 0 aliphatic carbocycles. The van der Waals surface area contributed by atoms with E-state index in [0.717, 1.165) is 15.2 Å². The van der Waals surface area contributed by atoms with Crippen LogP contribution in [0.1, 0.15) is 31.0 Å². The number of benzene rings is 1. The molecule has 2 aromatic rings. The molecule has 0 aliphatic rings. The van der Waals surface area contributed by atoms with E-state index < -0.39 is 0 Å². The molecule has 0 saturated heterocycles. The van der Waals surface area contributed by atoms with Crippen LogP contribution in [0.4, 0.5) is 5.69 Å². The quantitative estimate of drug-likeness (QED) is 0.728. The summed E-state index contributed by atoms with van der Waals surface area (Å²) in [6, 6.07) is 8.63. The lowest BCUT2D eigenvalue weighted by Gasteiger charge is -2.17. The SMILES string of the molecule is CCc1cc(Br)ccc1NC(C)c1csc(Cl)c1. The third-order valence-corrected chi connectivity index (χ3v) is 4.51. The Morgan fingerprint density at radius 3 is 2.78 bits per heavy atom. The standard InChI is InChI=1S/C14H15BrClNS/c1-3-10-6-12(15)4-5-13(10)17-9(2)11-7-14(16)18-8-11/h4-9,17H,3H2,1-2H3. The Bertz CT molecular complexity index is 538. The number of rotatable bonds is 4. The van der Waals surface area contributed by atoms with E-state index in [4.69, 9.17) is 11.6 Å². The van der Waals surface area contributed by atoms with Crippen molar-refractivity contribution >= 4 is 44.6 Å². The van der Waals surface area contributed by atoms with Crippen LogP contribution in [0.2, 0.25) is 4.34 Å². The van der Waals surface area contributed by atoms with E-state index in [9.17, 15) is 0 Å². The maximum Gasteiger partial charge on any atom is 0.0931 e. The van der Waals surface area contributed by atoms with E-state index in [1.807, 2.05) is 6.07 Å². The summed E-state index contributed by atoms with van der Waals surface area (Å²) in [6.07, 6.45) is 1.01. The lowest BCUT2D eigenvalue weighted by atomic mass is 10.1. The van der Waals surface area contributed by atoms with Gasteiger partial charge in [0.15, 0.2) is 0 Å². The Hall–Kier alpha value is -0.510. The van der Waals surface area contributed by atoms with Gasteiger partial charge in [-0.15, -0.1) is 11.3 Å². The minimum atomic E-state index is 0.264. The molecule has 1 N–H and O–H groups in total. The molecule has 2 rings (SSSR count). The van der Waals surface area contributed by atoms with E-state index in [0.29, 0.717) is 0 Å². The van der Waals surface area contributed by atoms with Crippen molar-refractivity contribution in [3.05, 3.63) is 49.6 Å². The van der Waals surface area contributed by atoms with E-state index >= 15 is 0 Å².